The first kappa shape index (κ1) is 16.9. The van der Waals surface area contributed by atoms with Crippen LogP contribution in [0.3, 0.4) is 0 Å². The van der Waals surface area contributed by atoms with Crippen molar-refractivity contribution in [3.63, 3.8) is 0 Å². The monoisotopic (exact) mass is 340 g/mol. The summed E-state index contributed by atoms with van der Waals surface area (Å²) in [6.07, 6.45) is 2.32. The van der Waals surface area contributed by atoms with Crippen LogP contribution in [0.2, 0.25) is 0 Å². The number of methoxy groups -OCH3 is 1. The summed E-state index contributed by atoms with van der Waals surface area (Å²) in [5.74, 6) is 1.10. The second-order valence-corrected chi connectivity index (χ2v) is 5.74. The third-order valence-electron chi connectivity index (χ3n) is 4.13. The van der Waals surface area contributed by atoms with Crippen LogP contribution in [-0.2, 0) is 22.6 Å². The van der Waals surface area contributed by atoms with E-state index >= 15 is 0 Å². The molecule has 0 aliphatic carbocycles. The number of hydrogen-bond acceptors (Lipinski definition) is 6. The van der Waals surface area contributed by atoms with Gasteiger partial charge in [-0.1, -0.05) is 12.1 Å². The Morgan fingerprint density at radius 1 is 1.20 bits per heavy atom. The summed E-state index contributed by atoms with van der Waals surface area (Å²) in [6, 6.07) is 7.44. The van der Waals surface area contributed by atoms with Crippen molar-refractivity contribution < 1.29 is 14.3 Å². The molecule has 2 heterocycles. The molecule has 1 aromatic carbocycles. The summed E-state index contributed by atoms with van der Waals surface area (Å²) in [5.41, 5.74) is 3.73. The molecule has 0 amide bonds. The molecule has 7 nitrogen and oxygen atoms in total. The quantitative estimate of drug-likeness (QED) is 0.641. The van der Waals surface area contributed by atoms with Gasteiger partial charge < -0.3 is 9.47 Å². The van der Waals surface area contributed by atoms with Crippen molar-refractivity contribution in [3.05, 3.63) is 53.1 Å². The molecule has 0 fully saturated rings. The van der Waals surface area contributed by atoms with Crippen molar-refractivity contribution in [2.45, 2.75) is 33.3 Å². The van der Waals surface area contributed by atoms with Crippen LogP contribution in [0.4, 0.5) is 0 Å². The average Bonchev–Trinajstić information content (AvgIpc) is 3.08. The van der Waals surface area contributed by atoms with E-state index in [9.17, 15) is 4.79 Å². The highest BCUT2D eigenvalue weighted by atomic mass is 16.5. The van der Waals surface area contributed by atoms with Gasteiger partial charge in [0.1, 0.15) is 18.7 Å². The van der Waals surface area contributed by atoms with Crippen molar-refractivity contribution in [2.24, 2.45) is 0 Å². The molecule has 0 unspecified atom stereocenters. The van der Waals surface area contributed by atoms with E-state index in [0.29, 0.717) is 18.6 Å². The second-order valence-electron chi connectivity index (χ2n) is 5.74. The minimum absolute atomic E-state index is 0.242. The van der Waals surface area contributed by atoms with E-state index in [0.717, 1.165) is 28.3 Å². The molecule has 0 saturated carbocycles. The van der Waals surface area contributed by atoms with Gasteiger partial charge in [-0.05, 0) is 43.5 Å². The fourth-order valence-corrected chi connectivity index (χ4v) is 2.70. The molecule has 2 aromatic heterocycles. The van der Waals surface area contributed by atoms with Crippen LogP contribution in [-0.4, -0.2) is 32.7 Å². The normalized spacial score (nSPS) is 10.8. The number of aromatic nitrogens is 4. The van der Waals surface area contributed by atoms with Crippen LogP contribution in [0.1, 0.15) is 28.9 Å². The predicted octanol–water partition coefficient (Wildman–Crippen LogP) is 2.43. The van der Waals surface area contributed by atoms with Gasteiger partial charge in [-0.25, -0.2) is 9.50 Å². The summed E-state index contributed by atoms with van der Waals surface area (Å²) >= 11 is 0. The fraction of sp³-hybridized carbons (Fsp3) is 0.333. The Labute approximate surface area is 145 Å². The Bertz CT molecular complexity index is 887. The van der Waals surface area contributed by atoms with Gasteiger partial charge in [-0.2, -0.15) is 10.1 Å². The molecule has 0 saturated heterocycles. The molecule has 0 spiro atoms. The molecular formula is C18H20N4O3. The van der Waals surface area contributed by atoms with Crippen molar-refractivity contribution in [3.8, 4) is 5.75 Å². The van der Waals surface area contributed by atoms with Crippen molar-refractivity contribution in [1.82, 2.24) is 19.6 Å². The van der Waals surface area contributed by atoms with Gasteiger partial charge in [-0.3, -0.25) is 4.79 Å². The van der Waals surface area contributed by atoms with Gasteiger partial charge in [0, 0.05) is 17.8 Å². The summed E-state index contributed by atoms with van der Waals surface area (Å²) in [6.45, 7) is 4.12. The maximum Gasteiger partial charge on any atom is 0.306 e. The maximum absolute atomic E-state index is 12.0. The van der Waals surface area contributed by atoms with Crippen molar-refractivity contribution in [1.29, 1.82) is 0 Å². The maximum atomic E-state index is 12.0. The number of carbonyl (C=O) groups excluding carboxylic acids is 1. The smallest absolute Gasteiger partial charge is 0.306 e. The minimum Gasteiger partial charge on any atom is -0.497 e. The second kappa shape index (κ2) is 7.29. The molecular weight excluding hydrogens is 320 g/mol. The molecule has 3 rings (SSSR count). The van der Waals surface area contributed by atoms with E-state index in [1.807, 2.05) is 38.1 Å². The summed E-state index contributed by atoms with van der Waals surface area (Å²) in [4.78, 5) is 20.5. The van der Waals surface area contributed by atoms with E-state index in [2.05, 4.69) is 15.1 Å². The molecule has 130 valence electrons. The number of hydrogen-bond donors (Lipinski definition) is 0. The van der Waals surface area contributed by atoms with Crippen LogP contribution < -0.4 is 4.74 Å². The van der Waals surface area contributed by atoms with Gasteiger partial charge in [0.2, 0.25) is 0 Å². The molecule has 25 heavy (non-hydrogen) atoms. The van der Waals surface area contributed by atoms with E-state index in [-0.39, 0.29) is 12.6 Å². The van der Waals surface area contributed by atoms with Crippen molar-refractivity contribution in [2.75, 3.05) is 7.11 Å². The van der Waals surface area contributed by atoms with E-state index < -0.39 is 0 Å². The Balaban J connectivity index is 1.58. The molecule has 0 radical (unpaired) electrons. The average molecular weight is 340 g/mol. The predicted molar refractivity (Wildman–Crippen MR) is 91.4 cm³/mol. The third-order valence-corrected chi connectivity index (χ3v) is 4.13. The van der Waals surface area contributed by atoms with Crippen LogP contribution in [0.15, 0.2) is 30.6 Å². The molecule has 3 aromatic rings. The largest absolute Gasteiger partial charge is 0.497 e. The number of carbonyl (C=O) groups is 1. The lowest BCUT2D eigenvalue weighted by Crippen LogP contribution is -2.10. The Hall–Kier alpha value is -2.96. The number of aryl methyl sites for hydroxylation is 2. The molecule has 7 heteroatoms. The zero-order chi connectivity index (χ0) is 17.8. The molecule has 0 N–H and O–H groups in total. The highest BCUT2D eigenvalue weighted by molar-refractivity contribution is 5.69. The highest BCUT2D eigenvalue weighted by Gasteiger charge is 2.13. The topological polar surface area (TPSA) is 78.6 Å². The van der Waals surface area contributed by atoms with E-state index in [4.69, 9.17) is 9.47 Å². The first-order chi connectivity index (χ1) is 12.1. The van der Waals surface area contributed by atoms with Gasteiger partial charge in [0.25, 0.3) is 5.78 Å². The van der Waals surface area contributed by atoms with Gasteiger partial charge in [0.05, 0.1) is 7.11 Å². The third kappa shape index (κ3) is 3.76. The van der Waals surface area contributed by atoms with Crippen LogP contribution in [0.5, 0.6) is 5.75 Å². The Kier molecular flexibility index (Phi) is 4.92. The lowest BCUT2D eigenvalue weighted by Gasteiger charge is -2.10. The summed E-state index contributed by atoms with van der Waals surface area (Å²) < 4.78 is 12.1. The number of nitrogens with zero attached hydrogens (tertiary/aromatic N) is 4. The fourth-order valence-electron chi connectivity index (χ4n) is 2.70. The summed E-state index contributed by atoms with van der Waals surface area (Å²) in [5, 5.41) is 4.15. The lowest BCUT2D eigenvalue weighted by atomic mass is 10.1. The SMILES string of the molecule is COc1ccc(COC(=O)CCc2c(C)nc3ncnn3c2C)cc1. The molecule has 0 aliphatic heterocycles. The lowest BCUT2D eigenvalue weighted by molar-refractivity contribution is -0.144. The first-order valence-electron chi connectivity index (χ1n) is 8.03. The standard InChI is InChI=1S/C18H20N4O3/c1-12-16(13(2)22-18(21-12)19-11-20-22)8-9-17(23)25-10-14-4-6-15(24-3)7-5-14/h4-7,11H,8-10H2,1-3H3. The molecule has 0 bridgehead atoms. The molecule has 0 aliphatic rings. The number of esters is 1. The van der Waals surface area contributed by atoms with Gasteiger partial charge >= 0.3 is 5.97 Å². The molecule has 0 atom stereocenters. The van der Waals surface area contributed by atoms with Crippen LogP contribution in [0, 0.1) is 13.8 Å². The van der Waals surface area contributed by atoms with Gasteiger partial charge in [0.15, 0.2) is 0 Å². The highest BCUT2D eigenvalue weighted by Crippen LogP contribution is 2.16. The van der Waals surface area contributed by atoms with E-state index in [1.165, 1.54) is 6.33 Å². The number of benzene rings is 1. The van der Waals surface area contributed by atoms with Gasteiger partial charge in [-0.15, -0.1) is 0 Å². The number of fused-ring (bicyclic) bond motifs is 1. The number of rotatable bonds is 6. The first-order valence-corrected chi connectivity index (χ1v) is 8.03. The Morgan fingerprint density at radius 2 is 1.96 bits per heavy atom. The van der Waals surface area contributed by atoms with Crippen LogP contribution >= 0.6 is 0 Å². The summed E-state index contributed by atoms with van der Waals surface area (Å²) in [7, 11) is 1.62. The van der Waals surface area contributed by atoms with E-state index in [1.54, 1.807) is 11.6 Å². The zero-order valence-electron chi connectivity index (χ0n) is 14.5. The zero-order valence-corrected chi connectivity index (χ0v) is 14.5. The van der Waals surface area contributed by atoms with Crippen molar-refractivity contribution >= 4 is 11.7 Å². The number of ether oxygens (including phenoxy) is 2. The Morgan fingerprint density at radius 3 is 2.68 bits per heavy atom. The minimum atomic E-state index is -0.242. The van der Waals surface area contributed by atoms with Crippen LogP contribution in [0.25, 0.3) is 5.78 Å².